The number of ether oxygens (including phenoxy) is 3. The van der Waals surface area contributed by atoms with Gasteiger partial charge in [0.05, 0.1) is 13.3 Å². The summed E-state index contributed by atoms with van der Waals surface area (Å²) in [4.78, 5) is 23.9. The molecular formula is C25H21ClN2O5. The molecule has 33 heavy (non-hydrogen) atoms. The van der Waals surface area contributed by atoms with E-state index in [4.69, 9.17) is 25.8 Å². The largest absolute Gasteiger partial charge is 0.497 e. The Labute approximate surface area is 196 Å². The Kier molecular flexibility index (Phi) is 8.62. The molecule has 3 aromatic rings. The molecule has 1 N–H and O–H groups in total. The predicted octanol–water partition coefficient (Wildman–Crippen LogP) is 4.50. The fourth-order valence-corrected chi connectivity index (χ4v) is 2.78. The zero-order valence-electron chi connectivity index (χ0n) is 17.7. The van der Waals surface area contributed by atoms with Crippen molar-refractivity contribution in [1.29, 1.82) is 0 Å². The van der Waals surface area contributed by atoms with Gasteiger partial charge in [0.1, 0.15) is 17.2 Å². The molecule has 0 aliphatic rings. The van der Waals surface area contributed by atoms with Gasteiger partial charge >= 0.3 is 5.97 Å². The van der Waals surface area contributed by atoms with Crippen LogP contribution in [0.2, 0.25) is 5.02 Å². The topological polar surface area (TPSA) is 86.2 Å². The third-order valence-electron chi connectivity index (χ3n) is 4.17. The van der Waals surface area contributed by atoms with Crippen LogP contribution in [-0.2, 0) is 9.59 Å². The molecule has 0 heterocycles. The van der Waals surface area contributed by atoms with E-state index in [-0.39, 0.29) is 6.61 Å². The van der Waals surface area contributed by atoms with E-state index >= 15 is 0 Å². The lowest BCUT2D eigenvalue weighted by molar-refractivity contribution is -0.129. The Morgan fingerprint density at radius 1 is 0.939 bits per heavy atom. The van der Waals surface area contributed by atoms with Crippen molar-refractivity contribution < 1.29 is 23.8 Å². The Morgan fingerprint density at radius 3 is 2.45 bits per heavy atom. The molecule has 0 atom stereocenters. The first-order valence-electron chi connectivity index (χ1n) is 9.86. The summed E-state index contributed by atoms with van der Waals surface area (Å²) >= 11 is 5.87. The number of esters is 1. The molecule has 3 aromatic carbocycles. The van der Waals surface area contributed by atoms with E-state index < -0.39 is 11.9 Å². The summed E-state index contributed by atoms with van der Waals surface area (Å²) in [6, 6.07) is 20.7. The van der Waals surface area contributed by atoms with Gasteiger partial charge < -0.3 is 14.2 Å². The molecular weight excluding hydrogens is 444 g/mol. The highest BCUT2D eigenvalue weighted by Gasteiger charge is 2.03. The Balaban J connectivity index is 1.48. The van der Waals surface area contributed by atoms with Crippen molar-refractivity contribution in [3.05, 3.63) is 95.0 Å². The minimum Gasteiger partial charge on any atom is -0.497 e. The van der Waals surface area contributed by atoms with Crippen molar-refractivity contribution in [3.8, 4) is 17.2 Å². The van der Waals surface area contributed by atoms with Crippen molar-refractivity contribution in [2.75, 3.05) is 13.7 Å². The van der Waals surface area contributed by atoms with Gasteiger partial charge in [0.25, 0.3) is 5.91 Å². The number of halogens is 1. The van der Waals surface area contributed by atoms with E-state index in [0.717, 1.165) is 11.3 Å². The summed E-state index contributed by atoms with van der Waals surface area (Å²) in [5.41, 5.74) is 3.84. The van der Waals surface area contributed by atoms with Crippen LogP contribution < -0.4 is 19.6 Å². The zero-order chi connectivity index (χ0) is 23.5. The Morgan fingerprint density at radius 2 is 1.70 bits per heavy atom. The molecule has 0 aromatic heterocycles. The number of hydrogen-bond acceptors (Lipinski definition) is 6. The number of benzene rings is 3. The number of nitrogens with one attached hydrogen (secondary N) is 1. The molecule has 0 saturated heterocycles. The third kappa shape index (κ3) is 8.16. The zero-order valence-corrected chi connectivity index (χ0v) is 18.5. The summed E-state index contributed by atoms with van der Waals surface area (Å²) in [6.07, 6.45) is 4.42. The van der Waals surface area contributed by atoms with E-state index in [1.54, 1.807) is 73.8 Å². The summed E-state index contributed by atoms with van der Waals surface area (Å²) in [6.45, 7) is -0.212. The molecule has 0 fully saturated rings. The van der Waals surface area contributed by atoms with Gasteiger partial charge in [-0.25, -0.2) is 10.2 Å². The molecule has 0 unspecified atom stereocenters. The van der Waals surface area contributed by atoms with E-state index in [9.17, 15) is 9.59 Å². The maximum Gasteiger partial charge on any atom is 0.336 e. The number of hydrazone groups is 1. The van der Waals surface area contributed by atoms with Crippen molar-refractivity contribution in [1.82, 2.24) is 5.43 Å². The van der Waals surface area contributed by atoms with Gasteiger partial charge in [-0.3, -0.25) is 4.79 Å². The van der Waals surface area contributed by atoms with Crippen LogP contribution in [-0.4, -0.2) is 31.8 Å². The average molecular weight is 465 g/mol. The van der Waals surface area contributed by atoms with Crippen LogP contribution in [0.5, 0.6) is 17.2 Å². The first kappa shape index (κ1) is 23.6. The smallest absolute Gasteiger partial charge is 0.336 e. The molecule has 8 heteroatoms. The Bertz CT molecular complexity index is 1160. The second kappa shape index (κ2) is 12.1. The molecule has 0 aliphatic carbocycles. The van der Waals surface area contributed by atoms with Crippen LogP contribution in [0, 0.1) is 0 Å². The van der Waals surface area contributed by atoms with Crippen molar-refractivity contribution in [2.45, 2.75) is 0 Å². The normalized spacial score (nSPS) is 10.8. The fraction of sp³-hybridized carbons (Fsp3) is 0.0800. The lowest BCUT2D eigenvalue weighted by atomic mass is 10.2. The number of carbonyl (C=O) groups excluding carboxylic acids is 2. The van der Waals surface area contributed by atoms with E-state index in [1.165, 1.54) is 12.3 Å². The van der Waals surface area contributed by atoms with Crippen LogP contribution in [0.4, 0.5) is 0 Å². The van der Waals surface area contributed by atoms with Crippen molar-refractivity contribution in [3.63, 3.8) is 0 Å². The average Bonchev–Trinajstić information content (AvgIpc) is 2.82. The lowest BCUT2D eigenvalue weighted by Gasteiger charge is -2.05. The minimum atomic E-state index is -0.522. The first-order chi connectivity index (χ1) is 16.0. The van der Waals surface area contributed by atoms with E-state index in [2.05, 4.69) is 10.5 Å². The second-order valence-electron chi connectivity index (χ2n) is 6.64. The molecule has 0 spiro atoms. The third-order valence-corrected chi connectivity index (χ3v) is 4.41. The molecule has 0 radical (unpaired) electrons. The number of methoxy groups -OCH3 is 1. The number of rotatable bonds is 9. The SMILES string of the molecule is COc1ccc(C=CC(=O)Oc2cccc(C=NNC(=O)COc3cccc(Cl)c3)c2)cc1. The van der Waals surface area contributed by atoms with Gasteiger partial charge in [-0.05, 0) is 59.7 Å². The maximum atomic E-state index is 12.1. The van der Waals surface area contributed by atoms with E-state index in [1.807, 2.05) is 12.1 Å². The number of carbonyl (C=O) groups is 2. The standard InChI is InChI=1S/C25H21ClN2O5/c1-31-21-11-8-18(9-12-21)10-13-25(30)33-23-7-2-4-19(14-23)16-27-28-24(29)17-32-22-6-3-5-20(26)15-22/h2-16H,17H2,1H3,(H,28,29). The highest BCUT2D eigenvalue weighted by atomic mass is 35.5. The number of nitrogens with zero attached hydrogens (tertiary/aromatic N) is 1. The Hall–Kier alpha value is -4.10. The number of amides is 1. The van der Waals surface area contributed by atoms with Gasteiger partial charge in [0.2, 0.25) is 0 Å². The van der Waals surface area contributed by atoms with Crippen molar-refractivity contribution in [2.24, 2.45) is 5.10 Å². The maximum absolute atomic E-state index is 12.1. The summed E-state index contributed by atoms with van der Waals surface area (Å²) in [5.74, 6) is 0.609. The van der Waals surface area contributed by atoms with Gasteiger partial charge in [0, 0.05) is 11.1 Å². The molecule has 168 valence electrons. The highest BCUT2D eigenvalue weighted by molar-refractivity contribution is 6.30. The summed E-state index contributed by atoms with van der Waals surface area (Å²) < 4.78 is 15.8. The summed E-state index contributed by atoms with van der Waals surface area (Å²) in [5, 5.41) is 4.40. The second-order valence-corrected chi connectivity index (χ2v) is 7.08. The van der Waals surface area contributed by atoms with Crippen LogP contribution in [0.1, 0.15) is 11.1 Å². The minimum absolute atomic E-state index is 0.212. The van der Waals surface area contributed by atoms with Crippen LogP contribution in [0.3, 0.4) is 0 Å². The van der Waals surface area contributed by atoms with E-state index in [0.29, 0.717) is 22.1 Å². The van der Waals surface area contributed by atoms with Gasteiger partial charge in [-0.2, -0.15) is 5.10 Å². The van der Waals surface area contributed by atoms with Crippen LogP contribution in [0.15, 0.2) is 84.0 Å². The summed E-state index contributed by atoms with van der Waals surface area (Å²) in [7, 11) is 1.59. The van der Waals surface area contributed by atoms with Gasteiger partial charge in [-0.15, -0.1) is 0 Å². The fourth-order valence-electron chi connectivity index (χ4n) is 2.60. The molecule has 1 amide bonds. The predicted molar refractivity (Wildman–Crippen MR) is 127 cm³/mol. The molecule has 0 saturated carbocycles. The molecule has 3 rings (SSSR count). The molecule has 0 aliphatic heterocycles. The van der Waals surface area contributed by atoms with Crippen molar-refractivity contribution >= 4 is 35.8 Å². The van der Waals surface area contributed by atoms with Crippen LogP contribution >= 0.6 is 11.6 Å². The number of hydrogen-bond donors (Lipinski definition) is 1. The van der Waals surface area contributed by atoms with Gasteiger partial charge in [-0.1, -0.05) is 41.9 Å². The molecule has 0 bridgehead atoms. The monoisotopic (exact) mass is 464 g/mol. The van der Waals surface area contributed by atoms with Gasteiger partial charge in [0.15, 0.2) is 6.61 Å². The lowest BCUT2D eigenvalue weighted by Crippen LogP contribution is -2.24. The van der Waals surface area contributed by atoms with Crippen LogP contribution in [0.25, 0.3) is 6.08 Å². The highest BCUT2D eigenvalue weighted by Crippen LogP contribution is 2.17. The first-order valence-corrected chi connectivity index (χ1v) is 10.2. The quantitative estimate of drug-likeness (QED) is 0.166. The molecule has 7 nitrogen and oxygen atoms in total.